The van der Waals surface area contributed by atoms with Gasteiger partial charge in [-0.1, -0.05) is 0 Å². The van der Waals surface area contributed by atoms with Gasteiger partial charge in [-0.2, -0.15) is 10.5 Å². The summed E-state index contributed by atoms with van der Waals surface area (Å²) in [6, 6.07) is 3.60. The molecule has 5 heteroatoms. The number of pyridine rings is 1. The summed E-state index contributed by atoms with van der Waals surface area (Å²) in [5.74, 6) is 0. The summed E-state index contributed by atoms with van der Waals surface area (Å²) in [5, 5.41) is 17.5. The van der Waals surface area contributed by atoms with Crippen LogP contribution in [-0.2, 0) is 0 Å². The standard InChI is InChI=1S/C8H5N3OS/c1-4-5(2-9)7(12)11-8(13)6(4)3-10/h1H3,(H2,11,12,13). The number of aromatic nitrogens is 1. The first-order valence-corrected chi connectivity index (χ1v) is 3.82. The van der Waals surface area contributed by atoms with E-state index in [-0.39, 0.29) is 16.2 Å². The Kier molecular flexibility index (Phi) is 2.41. The molecule has 0 atom stereocenters. The van der Waals surface area contributed by atoms with Crippen LogP contribution in [0.4, 0.5) is 0 Å². The van der Waals surface area contributed by atoms with Gasteiger partial charge in [0.25, 0.3) is 5.56 Å². The fraction of sp³-hybridized carbons (Fsp3) is 0.125. The number of thiol groups is 1. The van der Waals surface area contributed by atoms with Crippen LogP contribution < -0.4 is 5.56 Å². The van der Waals surface area contributed by atoms with Crippen molar-refractivity contribution in [1.29, 1.82) is 10.5 Å². The predicted octanol–water partition coefficient (Wildman–Crippen LogP) is 0.715. The van der Waals surface area contributed by atoms with Gasteiger partial charge < -0.3 is 4.98 Å². The van der Waals surface area contributed by atoms with E-state index in [1.54, 1.807) is 13.0 Å². The van der Waals surface area contributed by atoms with Crippen LogP contribution in [0.5, 0.6) is 0 Å². The second-order valence-electron chi connectivity index (χ2n) is 2.40. The number of hydrogen-bond acceptors (Lipinski definition) is 4. The van der Waals surface area contributed by atoms with Gasteiger partial charge in [-0.05, 0) is 12.5 Å². The topological polar surface area (TPSA) is 80.4 Å². The number of hydrogen-bond donors (Lipinski definition) is 2. The average molecular weight is 191 g/mol. The normalized spacial score (nSPS) is 8.92. The molecule has 0 fully saturated rings. The molecule has 13 heavy (non-hydrogen) atoms. The van der Waals surface area contributed by atoms with Gasteiger partial charge in [0.1, 0.15) is 17.7 Å². The van der Waals surface area contributed by atoms with Gasteiger partial charge in [0.05, 0.1) is 10.6 Å². The molecule has 0 bridgehead atoms. The van der Waals surface area contributed by atoms with Crippen LogP contribution in [0.2, 0.25) is 0 Å². The Hall–Kier alpha value is -1.72. The lowest BCUT2D eigenvalue weighted by atomic mass is 10.1. The van der Waals surface area contributed by atoms with Crippen molar-refractivity contribution in [3.8, 4) is 12.1 Å². The highest BCUT2D eigenvalue weighted by atomic mass is 32.1. The molecule has 64 valence electrons. The largest absolute Gasteiger partial charge is 0.315 e. The second-order valence-corrected chi connectivity index (χ2v) is 2.85. The Morgan fingerprint density at radius 1 is 1.31 bits per heavy atom. The van der Waals surface area contributed by atoms with Crippen LogP contribution in [-0.4, -0.2) is 4.98 Å². The van der Waals surface area contributed by atoms with Gasteiger partial charge in [-0.3, -0.25) is 4.79 Å². The molecule has 0 unspecified atom stereocenters. The first-order valence-electron chi connectivity index (χ1n) is 3.37. The van der Waals surface area contributed by atoms with Crippen molar-refractivity contribution in [3.05, 3.63) is 27.0 Å². The molecule has 0 radical (unpaired) electrons. The molecule has 0 spiro atoms. The van der Waals surface area contributed by atoms with Gasteiger partial charge in [0.15, 0.2) is 0 Å². The Bertz CT molecular complexity index is 490. The Morgan fingerprint density at radius 2 is 1.85 bits per heavy atom. The summed E-state index contributed by atoms with van der Waals surface area (Å²) >= 11 is 3.92. The lowest BCUT2D eigenvalue weighted by molar-refractivity contribution is 1.03. The van der Waals surface area contributed by atoms with E-state index in [4.69, 9.17) is 10.5 Å². The number of H-pyrrole nitrogens is 1. The van der Waals surface area contributed by atoms with Crippen molar-refractivity contribution in [2.45, 2.75) is 11.9 Å². The number of nitrogens with one attached hydrogen (secondary N) is 1. The van der Waals surface area contributed by atoms with Crippen LogP contribution >= 0.6 is 12.6 Å². The molecule has 0 aromatic carbocycles. The van der Waals surface area contributed by atoms with Gasteiger partial charge in [-0.25, -0.2) is 0 Å². The highest BCUT2D eigenvalue weighted by Gasteiger charge is 2.11. The summed E-state index contributed by atoms with van der Waals surface area (Å²) in [6.07, 6.45) is 0. The number of aromatic amines is 1. The average Bonchev–Trinajstić information content (AvgIpc) is 2.04. The van der Waals surface area contributed by atoms with Crippen molar-refractivity contribution < 1.29 is 0 Å². The van der Waals surface area contributed by atoms with E-state index in [1.807, 2.05) is 6.07 Å². The second kappa shape index (κ2) is 3.34. The first-order chi connectivity index (χ1) is 6.11. The zero-order valence-corrected chi connectivity index (χ0v) is 7.64. The fourth-order valence-electron chi connectivity index (χ4n) is 0.977. The van der Waals surface area contributed by atoms with E-state index in [0.717, 1.165) is 0 Å². The highest BCUT2D eigenvalue weighted by molar-refractivity contribution is 7.80. The first kappa shape index (κ1) is 9.37. The number of rotatable bonds is 0. The minimum Gasteiger partial charge on any atom is -0.315 e. The molecular formula is C8H5N3OS. The maximum absolute atomic E-state index is 11.1. The van der Waals surface area contributed by atoms with Gasteiger partial charge >= 0.3 is 0 Å². The Morgan fingerprint density at radius 3 is 2.31 bits per heavy atom. The molecule has 1 aromatic rings. The van der Waals surface area contributed by atoms with Crippen molar-refractivity contribution in [2.75, 3.05) is 0 Å². The quantitative estimate of drug-likeness (QED) is 0.593. The maximum Gasteiger partial charge on any atom is 0.267 e. The number of nitrogens with zero attached hydrogens (tertiary/aromatic N) is 2. The molecule has 4 nitrogen and oxygen atoms in total. The minimum absolute atomic E-state index is 0.0330. The summed E-state index contributed by atoms with van der Waals surface area (Å²) in [7, 11) is 0. The summed E-state index contributed by atoms with van der Waals surface area (Å²) in [5.41, 5.74) is 0.0663. The molecule has 1 N–H and O–H groups in total. The maximum atomic E-state index is 11.1. The smallest absolute Gasteiger partial charge is 0.267 e. The Balaban J connectivity index is 3.74. The molecule has 0 saturated heterocycles. The molecule has 0 saturated carbocycles. The van der Waals surface area contributed by atoms with E-state index in [9.17, 15) is 4.79 Å². The van der Waals surface area contributed by atoms with Gasteiger partial charge in [-0.15, -0.1) is 12.6 Å². The minimum atomic E-state index is -0.510. The van der Waals surface area contributed by atoms with Crippen LogP contribution in [0.3, 0.4) is 0 Å². The third kappa shape index (κ3) is 1.42. The van der Waals surface area contributed by atoms with E-state index < -0.39 is 5.56 Å². The van der Waals surface area contributed by atoms with Crippen molar-refractivity contribution >= 4 is 12.6 Å². The van der Waals surface area contributed by atoms with Gasteiger partial charge in [0.2, 0.25) is 0 Å². The van der Waals surface area contributed by atoms with Crippen LogP contribution in [0.1, 0.15) is 16.7 Å². The summed E-state index contributed by atoms with van der Waals surface area (Å²) in [6.45, 7) is 1.55. The molecule has 0 aliphatic carbocycles. The van der Waals surface area contributed by atoms with Crippen LogP contribution in [0.15, 0.2) is 9.82 Å². The molecule has 0 amide bonds. The summed E-state index contributed by atoms with van der Waals surface area (Å²) in [4.78, 5) is 13.4. The zero-order valence-electron chi connectivity index (χ0n) is 6.75. The zero-order chi connectivity index (χ0) is 10.0. The Labute approximate surface area is 79.8 Å². The predicted molar refractivity (Wildman–Crippen MR) is 48.5 cm³/mol. The monoisotopic (exact) mass is 191 g/mol. The highest BCUT2D eigenvalue weighted by Crippen LogP contribution is 2.14. The number of nitriles is 2. The molecule has 0 aliphatic rings. The summed E-state index contributed by atoms with van der Waals surface area (Å²) < 4.78 is 0. The SMILES string of the molecule is Cc1c(C#N)c(S)[nH]c(=O)c1C#N. The fourth-order valence-corrected chi connectivity index (χ4v) is 1.30. The van der Waals surface area contributed by atoms with Crippen molar-refractivity contribution in [2.24, 2.45) is 0 Å². The lowest BCUT2D eigenvalue weighted by Crippen LogP contribution is -2.14. The molecule has 0 aliphatic heterocycles. The lowest BCUT2D eigenvalue weighted by Gasteiger charge is -2.01. The van der Waals surface area contributed by atoms with Gasteiger partial charge in [0, 0.05) is 0 Å². The van der Waals surface area contributed by atoms with Crippen molar-refractivity contribution in [1.82, 2.24) is 4.98 Å². The van der Waals surface area contributed by atoms with Crippen LogP contribution in [0, 0.1) is 29.6 Å². The third-order valence-electron chi connectivity index (χ3n) is 1.67. The van der Waals surface area contributed by atoms with Crippen molar-refractivity contribution in [3.63, 3.8) is 0 Å². The molecule has 1 heterocycles. The van der Waals surface area contributed by atoms with E-state index in [1.165, 1.54) is 0 Å². The van der Waals surface area contributed by atoms with E-state index in [0.29, 0.717) is 5.56 Å². The molecule has 1 aromatic heterocycles. The molecular weight excluding hydrogens is 186 g/mol. The van der Waals surface area contributed by atoms with E-state index >= 15 is 0 Å². The third-order valence-corrected chi connectivity index (χ3v) is 2.00. The van der Waals surface area contributed by atoms with E-state index in [2.05, 4.69) is 17.6 Å². The van der Waals surface area contributed by atoms with Crippen LogP contribution in [0.25, 0.3) is 0 Å². The molecule has 1 rings (SSSR count).